The Morgan fingerprint density at radius 2 is 2.12 bits per heavy atom. The first-order valence-electron chi connectivity index (χ1n) is 9.41. The molecular weight excluding hydrogens is 316 g/mol. The van der Waals surface area contributed by atoms with Gasteiger partial charge in [-0.25, -0.2) is 4.79 Å². The van der Waals surface area contributed by atoms with E-state index < -0.39 is 0 Å². The first-order chi connectivity index (χ1) is 12.1. The van der Waals surface area contributed by atoms with Gasteiger partial charge in [0.1, 0.15) is 0 Å². The Balaban J connectivity index is 1.42. The third-order valence-electron chi connectivity index (χ3n) is 5.26. The fourth-order valence-corrected chi connectivity index (χ4v) is 3.71. The number of ether oxygens (including phenoxy) is 1. The molecule has 0 bridgehead atoms. The molecule has 0 aliphatic carbocycles. The smallest absolute Gasteiger partial charge is 0.317 e. The molecule has 1 aromatic heterocycles. The molecule has 1 N–H and O–H groups in total. The fraction of sp³-hybridized carbons (Fsp3) is 0.684. The Bertz CT molecular complexity index is 557. The number of hydrogen-bond donors (Lipinski definition) is 1. The van der Waals surface area contributed by atoms with Crippen molar-refractivity contribution in [1.29, 1.82) is 0 Å². The van der Waals surface area contributed by atoms with Crippen molar-refractivity contribution in [3.05, 3.63) is 29.6 Å². The minimum atomic E-state index is 0.0474. The number of carbonyl (C=O) groups is 1. The normalized spacial score (nSPS) is 22.8. The lowest BCUT2D eigenvalue weighted by Crippen LogP contribution is -2.59. The standard InChI is InChI=1S/C19H30N4O2/c1-15-3-4-17(21-13-15)5-8-20-19(24)23-10-9-22(14-16(23)2)18-6-11-25-12-7-18/h3-4,13,16,18H,5-12,14H2,1-2H3,(H,20,24)/t16-/m1/s1. The molecule has 2 saturated heterocycles. The van der Waals surface area contributed by atoms with Gasteiger partial charge in [0, 0.05) is 69.8 Å². The molecule has 0 radical (unpaired) electrons. The Morgan fingerprint density at radius 1 is 1.32 bits per heavy atom. The maximum absolute atomic E-state index is 12.5. The molecule has 2 fully saturated rings. The van der Waals surface area contributed by atoms with E-state index in [1.54, 1.807) is 0 Å². The topological polar surface area (TPSA) is 57.7 Å². The average molecular weight is 346 g/mol. The van der Waals surface area contributed by atoms with E-state index in [0.29, 0.717) is 12.6 Å². The number of pyridine rings is 1. The molecule has 2 amide bonds. The van der Waals surface area contributed by atoms with Crippen molar-refractivity contribution in [3.8, 4) is 0 Å². The zero-order valence-electron chi connectivity index (χ0n) is 15.4. The number of urea groups is 1. The molecule has 138 valence electrons. The van der Waals surface area contributed by atoms with Gasteiger partial charge in [-0.05, 0) is 38.3 Å². The number of aryl methyl sites for hydroxylation is 1. The number of carbonyl (C=O) groups excluding carboxylic acids is 1. The number of aromatic nitrogens is 1. The van der Waals surface area contributed by atoms with Gasteiger partial charge < -0.3 is 15.0 Å². The second-order valence-electron chi connectivity index (χ2n) is 7.19. The first-order valence-corrected chi connectivity index (χ1v) is 9.41. The molecule has 2 aliphatic heterocycles. The fourth-order valence-electron chi connectivity index (χ4n) is 3.71. The van der Waals surface area contributed by atoms with E-state index in [4.69, 9.17) is 4.74 Å². The number of piperazine rings is 1. The molecule has 1 atom stereocenters. The van der Waals surface area contributed by atoms with E-state index >= 15 is 0 Å². The van der Waals surface area contributed by atoms with Gasteiger partial charge in [-0.15, -0.1) is 0 Å². The van der Waals surface area contributed by atoms with Crippen molar-refractivity contribution in [2.24, 2.45) is 0 Å². The number of nitrogens with one attached hydrogen (secondary N) is 1. The molecule has 0 aromatic carbocycles. The van der Waals surface area contributed by atoms with Gasteiger partial charge in [-0.2, -0.15) is 0 Å². The molecular formula is C19H30N4O2. The highest BCUT2D eigenvalue weighted by Crippen LogP contribution is 2.19. The maximum Gasteiger partial charge on any atom is 0.317 e. The number of amides is 2. The number of nitrogens with zero attached hydrogens (tertiary/aromatic N) is 3. The SMILES string of the molecule is Cc1ccc(CCNC(=O)N2CCN(C3CCOCC3)C[C@H]2C)nc1. The zero-order chi connectivity index (χ0) is 17.6. The second-order valence-corrected chi connectivity index (χ2v) is 7.19. The monoisotopic (exact) mass is 346 g/mol. The summed E-state index contributed by atoms with van der Waals surface area (Å²) in [5, 5.41) is 3.05. The molecule has 25 heavy (non-hydrogen) atoms. The summed E-state index contributed by atoms with van der Waals surface area (Å²) < 4.78 is 5.46. The van der Waals surface area contributed by atoms with Crippen LogP contribution in [0.25, 0.3) is 0 Å². The van der Waals surface area contributed by atoms with Gasteiger partial charge in [0.2, 0.25) is 0 Å². The van der Waals surface area contributed by atoms with Gasteiger partial charge in [0.05, 0.1) is 0 Å². The summed E-state index contributed by atoms with van der Waals surface area (Å²) in [6.07, 6.45) is 4.86. The summed E-state index contributed by atoms with van der Waals surface area (Å²) in [6.45, 7) is 9.25. The van der Waals surface area contributed by atoms with Crippen molar-refractivity contribution in [2.75, 3.05) is 39.4 Å². The average Bonchev–Trinajstić information content (AvgIpc) is 2.64. The Kier molecular flexibility index (Phi) is 6.26. The van der Waals surface area contributed by atoms with E-state index in [-0.39, 0.29) is 12.1 Å². The van der Waals surface area contributed by atoms with Crippen LogP contribution in [0.4, 0.5) is 4.79 Å². The molecule has 6 heteroatoms. The highest BCUT2D eigenvalue weighted by molar-refractivity contribution is 5.74. The molecule has 0 spiro atoms. The highest BCUT2D eigenvalue weighted by atomic mass is 16.5. The molecule has 1 aromatic rings. The van der Waals surface area contributed by atoms with E-state index in [1.165, 1.54) is 0 Å². The van der Waals surface area contributed by atoms with E-state index in [9.17, 15) is 4.79 Å². The van der Waals surface area contributed by atoms with Crippen LogP contribution in [0.1, 0.15) is 31.0 Å². The van der Waals surface area contributed by atoms with Crippen LogP contribution >= 0.6 is 0 Å². The summed E-state index contributed by atoms with van der Waals surface area (Å²) in [6, 6.07) is 4.99. The van der Waals surface area contributed by atoms with Crippen molar-refractivity contribution < 1.29 is 9.53 Å². The molecule has 0 unspecified atom stereocenters. The second kappa shape index (κ2) is 8.63. The van der Waals surface area contributed by atoms with Crippen molar-refractivity contribution in [2.45, 2.75) is 45.2 Å². The lowest BCUT2D eigenvalue weighted by atomic mass is 10.0. The quantitative estimate of drug-likeness (QED) is 0.904. The highest BCUT2D eigenvalue weighted by Gasteiger charge is 2.31. The van der Waals surface area contributed by atoms with E-state index in [0.717, 1.165) is 63.4 Å². The van der Waals surface area contributed by atoms with E-state index in [2.05, 4.69) is 28.2 Å². The van der Waals surface area contributed by atoms with Crippen LogP contribution in [0.15, 0.2) is 18.3 Å². The third-order valence-corrected chi connectivity index (χ3v) is 5.26. The first kappa shape index (κ1) is 18.1. The van der Waals surface area contributed by atoms with Crippen LogP contribution in [-0.2, 0) is 11.2 Å². The van der Waals surface area contributed by atoms with Crippen LogP contribution in [0.2, 0.25) is 0 Å². The predicted molar refractivity (Wildman–Crippen MR) is 97.7 cm³/mol. The predicted octanol–water partition coefficient (Wildman–Crippen LogP) is 1.83. The van der Waals surface area contributed by atoms with Crippen LogP contribution in [0.5, 0.6) is 0 Å². The van der Waals surface area contributed by atoms with Gasteiger partial charge >= 0.3 is 6.03 Å². The van der Waals surface area contributed by atoms with Gasteiger partial charge in [0.25, 0.3) is 0 Å². The molecule has 3 heterocycles. The van der Waals surface area contributed by atoms with Crippen molar-refractivity contribution in [3.63, 3.8) is 0 Å². The Hall–Kier alpha value is -1.66. The number of rotatable bonds is 4. The lowest BCUT2D eigenvalue weighted by molar-refractivity contribution is 0.00704. The van der Waals surface area contributed by atoms with Gasteiger partial charge in [-0.3, -0.25) is 9.88 Å². The van der Waals surface area contributed by atoms with Crippen molar-refractivity contribution >= 4 is 6.03 Å². The summed E-state index contributed by atoms with van der Waals surface area (Å²) >= 11 is 0. The van der Waals surface area contributed by atoms with E-state index in [1.807, 2.05) is 24.1 Å². The summed E-state index contributed by atoms with van der Waals surface area (Å²) in [4.78, 5) is 21.4. The molecule has 0 saturated carbocycles. The Labute approximate surface area is 150 Å². The van der Waals surface area contributed by atoms with Gasteiger partial charge in [-0.1, -0.05) is 6.07 Å². The van der Waals surface area contributed by atoms with Crippen LogP contribution in [-0.4, -0.2) is 72.3 Å². The van der Waals surface area contributed by atoms with Crippen LogP contribution < -0.4 is 5.32 Å². The minimum Gasteiger partial charge on any atom is -0.381 e. The summed E-state index contributed by atoms with van der Waals surface area (Å²) in [5.41, 5.74) is 2.17. The van der Waals surface area contributed by atoms with Crippen molar-refractivity contribution in [1.82, 2.24) is 20.1 Å². The number of hydrogen-bond acceptors (Lipinski definition) is 4. The van der Waals surface area contributed by atoms with Crippen LogP contribution in [0, 0.1) is 6.92 Å². The third kappa shape index (κ3) is 4.92. The molecule has 6 nitrogen and oxygen atoms in total. The zero-order valence-corrected chi connectivity index (χ0v) is 15.4. The van der Waals surface area contributed by atoms with Crippen LogP contribution in [0.3, 0.4) is 0 Å². The Morgan fingerprint density at radius 3 is 2.80 bits per heavy atom. The lowest BCUT2D eigenvalue weighted by Gasteiger charge is -2.44. The van der Waals surface area contributed by atoms with Gasteiger partial charge in [0.15, 0.2) is 0 Å². The summed E-state index contributed by atoms with van der Waals surface area (Å²) in [7, 11) is 0. The maximum atomic E-state index is 12.5. The molecule has 3 rings (SSSR count). The molecule has 2 aliphatic rings. The largest absolute Gasteiger partial charge is 0.381 e. The minimum absolute atomic E-state index is 0.0474. The summed E-state index contributed by atoms with van der Waals surface area (Å²) in [5.74, 6) is 0.